The molecule has 0 heterocycles. The number of carbonyl (C=O) groups excluding carboxylic acids is 1. The molecule has 0 saturated carbocycles. The van der Waals surface area contributed by atoms with Crippen LogP contribution in [0.3, 0.4) is 0 Å². The van der Waals surface area contributed by atoms with Crippen LogP contribution in [0.4, 0.5) is 0 Å². The fraction of sp³-hybridized carbons (Fsp3) is 0.533. The van der Waals surface area contributed by atoms with Crippen molar-refractivity contribution >= 4 is 15.9 Å². The first kappa shape index (κ1) is 18.6. The molecule has 7 heteroatoms. The Kier molecular flexibility index (Phi) is 6.10. The molecule has 0 spiro atoms. The van der Waals surface area contributed by atoms with Gasteiger partial charge in [-0.2, -0.15) is 0 Å². The van der Waals surface area contributed by atoms with Crippen LogP contribution in [0.25, 0.3) is 0 Å². The molecular formula is C15H25N3O3S. The minimum absolute atomic E-state index is 0.187. The minimum atomic E-state index is -3.45. The molecule has 1 aromatic rings. The number of hydrogen-bond acceptors (Lipinski definition) is 4. The highest BCUT2D eigenvalue weighted by molar-refractivity contribution is 7.89. The molecule has 2 atom stereocenters. The van der Waals surface area contributed by atoms with E-state index in [1.165, 1.54) is 19.2 Å². The van der Waals surface area contributed by atoms with Crippen molar-refractivity contribution in [1.82, 2.24) is 10.0 Å². The number of nitrogens with two attached hydrogens (primary N) is 1. The smallest absolute Gasteiger partial charge is 0.240 e. The molecule has 22 heavy (non-hydrogen) atoms. The summed E-state index contributed by atoms with van der Waals surface area (Å²) in [6.45, 7) is 5.52. The van der Waals surface area contributed by atoms with Crippen LogP contribution in [0.1, 0.15) is 45.2 Å². The molecule has 124 valence electrons. The Bertz CT molecular complexity index is 609. The van der Waals surface area contributed by atoms with Gasteiger partial charge in [-0.1, -0.05) is 25.5 Å². The predicted octanol–water partition coefficient (Wildman–Crippen LogP) is 1.29. The second kappa shape index (κ2) is 7.21. The van der Waals surface area contributed by atoms with Crippen LogP contribution in [-0.4, -0.2) is 26.9 Å². The molecule has 1 aromatic carbocycles. The summed E-state index contributed by atoms with van der Waals surface area (Å²) < 4.78 is 25.6. The minimum Gasteiger partial charge on any atom is -0.348 e. The normalized spacial score (nSPS) is 15.9. The summed E-state index contributed by atoms with van der Waals surface area (Å²) in [5.41, 5.74) is 5.91. The van der Waals surface area contributed by atoms with Gasteiger partial charge in [0.25, 0.3) is 0 Å². The van der Waals surface area contributed by atoms with E-state index in [0.29, 0.717) is 6.42 Å². The first-order chi connectivity index (χ1) is 10.1. The Balaban J connectivity index is 2.83. The maximum absolute atomic E-state index is 12.2. The van der Waals surface area contributed by atoms with E-state index in [4.69, 9.17) is 5.73 Å². The van der Waals surface area contributed by atoms with Gasteiger partial charge in [0.1, 0.15) is 0 Å². The van der Waals surface area contributed by atoms with Gasteiger partial charge in [0.15, 0.2) is 0 Å². The topological polar surface area (TPSA) is 101 Å². The summed E-state index contributed by atoms with van der Waals surface area (Å²) in [5.74, 6) is -0.214. The third kappa shape index (κ3) is 4.53. The van der Waals surface area contributed by atoms with E-state index in [-0.39, 0.29) is 16.8 Å². The van der Waals surface area contributed by atoms with E-state index in [9.17, 15) is 13.2 Å². The van der Waals surface area contributed by atoms with Crippen LogP contribution in [0.5, 0.6) is 0 Å². The van der Waals surface area contributed by atoms with E-state index in [2.05, 4.69) is 10.0 Å². The summed E-state index contributed by atoms with van der Waals surface area (Å²) >= 11 is 0. The lowest BCUT2D eigenvalue weighted by atomic mass is 9.95. The Morgan fingerprint density at radius 3 is 2.32 bits per heavy atom. The van der Waals surface area contributed by atoms with Gasteiger partial charge < -0.3 is 11.1 Å². The molecule has 0 radical (unpaired) electrons. The lowest BCUT2D eigenvalue weighted by Crippen LogP contribution is -2.52. The summed E-state index contributed by atoms with van der Waals surface area (Å²) in [7, 11) is -2.09. The zero-order valence-corrected chi connectivity index (χ0v) is 14.3. The van der Waals surface area contributed by atoms with Crippen molar-refractivity contribution in [2.75, 3.05) is 7.05 Å². The Morgan fingerprint density at radius 2 is 1.86 bits per heavy atom. The van der Waals surface area contributed by atoms with E-state index >= 15 is 0 Å². The average molecular weight is 327 g/mol. The first-order valence-corrected chi connectivity index (χ1v) is 8.75. The van der Waals surface area contributed by atoms with E-state index in [0.717, 1.165) is 12.0 Å². The highest BCUT2D eigenvalue weighted by Crippen LogP contribution is 2.18. The van der Waals surface area contributed by atoms with Gasteiger partial charge in [-0.05, 0) is 45.0 Å². The molecule has 1 amide bonds. The van der Waals surface area contributed by atoms with E-state index in [1.807, 2.05) is 13.8 Å². The lowest BCUT2D eigenvalue weighted by molar-refractivity contribution is -0.126. The maximum atomic E-state index is 12.2. The quantitative estimate of drug-likeness (QED) is 0.702. The molecule has 1 rings (SSSR count). The van der Waals surface area contributed by atoms with Crippen molar-refractivity contribution in [2.24, 2.45) is 5.73 Å². The SMILES string of the molecule is CCCC(C)(N)C(=O)NC(C)c1ccc(S(=O)(=O)NC)cc1. The molecular weight excluding hydrogens is 302 g/mol. The number of sulfonamides is 1. The number of carbonyl (C=O) groups is 1. The molecule has 4 N–H and O–H groups in total. The maximum Gasteiger partial charge on any atom is 0.240 e. The van der Waals surface area contributed by atoms with Crippen LogP contribution in [0, 0.1) is 0 Å². The van der Waals surface area contributed by atoms with Crippen LogP contribution >= 0.6 is 0 Å². The number of nitrogens with one attached hydrogen (secondary N) is 2. The highest BCUT2D eigenvalue weighted by Gasteiger charge is 2.28. The summed E-state index contributed by atoms with van der Waals surface area (Å²) in [6.07, 6.45) is 1.43. The molecule has 6 nitrogen and oxygen atoms in total. The van der Waals surface area contributed by atoms with Gasteiger partial charge in [0.2, 0.25) is 15.9 Å². The van der Waals surface area contributed by atoms with Crippen molar-refractivity contribution in [3.63, 3.8) is 0 Å². The fourth-order valence-electron chi connectivity index (χ4n) is 2.13. The molecule has 0 aromatic heterocycles. The second-order valence-electron chi connectivity index (χ2n) is 5.64. The average Bonchev–Trinajstić information content (AvgIpc) is 2.47. The van der Waals surface area contributed by atoms with Gasteiger partial charge >= 0.3 is 0 Å². The Hall–Kier alpha value is -1.44. The van der Waals surface area contributed by atoms with E-state index in [1.54, 1.807) is 19.1 Å². The van der Waals surface area contributed by atoms with Crippen molar-refractivity contribution in [2.45, 2.75) is 50.1 Å². The number of hydrogen-bond donors (Lipinski definition) is 3. The van der Waals surface area contributed by atoms with Crippen LogP contribution < -0.4 is 15.8 Å². The predicted molar refractivity (Wildman–Crippen MR) is 86.7 cm³/mol. The van der Waals surface area contributed by atoms with Crippen molar-refractivity contribution in [3.05, 3.63) is 29.8 Å². The largest absolute Gasteiger partial charge is 0.348 e. The summed E-state index contributed by atoms with van der Waals surface area (Å²) in [5, 5.41) is 2.86. The summed E-state index contributed by atoms with van der Waals surface area (Å²) in [6, 6.07) is 6.14. The van der Waals surface area contributed by atoms with Gasteiger partial charge in [0, 0.05) is 0 Å². The standard InChI is InChI=1S/C15H25N3O3S/c1-5-10-15(3,16)14(19)18-11(2)12-6-8-13(9-7-12)22(20,21)17-4/h6-9,11,17H,5,10,16H2,1-4H3,(H,18,19). The zero-order valence-electron chi connectivity index (χ0n) is 13.5. The second-order valence-corrected chi connectivity index (χ2v) is 7.53. The molecule has 0 aliphatic carbocycles. The van der Waals surface area contributed by atoms with Crippen molar-refractivity contribution in [3.8, 4) is 0 Å². The van der Waals surface area contributed by atoms with Crippen LogP contribution in [0.2, 0.25) is 0 Å². The lowest BCUT2D eigenvalue weighted by Gasteiger charge is -2.25. The molecule has 0 aliphatic heterocycles. The van der Waals surface area contributed by atoms with Gasteiger partial charge in [0.05, 0.1) is 16.5 Å². The monoisotopic (exact) mass is 327 g/mol. The molecule has 0 aliphatic rings. The Morgan fingerprint density at radius 1 is 1.32 bits per heavy atom. The van der Waals surface area contributed by atoms with Crippen LogP contribution in [0.15, 0.2) is 29.2 Å². The molecule has 0 saturated heterocycles. The third-order valence-corrected chi connectivity index (χ3v) is 5.03. The van der Waals surface area contributed by atoms with E-state index < -0.39 is 15.6 Å². The van der Waals surface area contributed by atoms with Gasteiger partial charge in [-0.15, -0.1) is 0 Å². The molecule has 0 bridgehead atoms. The first-order valence-electron chi connectivity index (χ1n) is 7.27. The van der Waals surface area contributed by atoms with Crippen LogP contribution in [-0.2, 0) is 14.8 Å². The third-order valence-electron chi connectivity index (χ3n) is 3.59. The molecule has 0 fully saturated rings. The van der Waals surface area contributed by atoms with Crippen molar-refractivity contribution in [1.29, 1.82) is 0 Å². The van der Waals surface area contributed by atoms with Gasteiger partial charge in [-0.25, -0.2) is 13.1 Å². The number of amides is 1. The molecule has 2 unspecified atom stereocenters. The van der Waals surface area contributed by atoms with Crippen molar-refractivity contribution < 1.29 is 13.2 Å². The Labute approximate surface area is 132 Å². The van der Waals surface area contributed by atoms with Gasteiger partial charge in [-0.3, -0.25) is 4.79 Å². The fourth-order valence-corrected chi connectivity index (χ4v) is 2.86. The highest BCUT2D eigenvalue weighted by atomic mass is 32.2. The number of benzene rings is 1. The summed E-state index contributed by atoms with van der Waals surface area (Å²) in [4.78, 5) is 12.4. The number of rotatable bonds is 7. The zero-order chi connectivity index (χ0) is 17.0.